The highest BCUT2D eigenvalue weighted by atomic mass is 15.1. The molecule has 1 aromatic carbocycles. The quantitative estimate of drug-likeness (QED) is 0.703. The summed E-state index contributed by atoms with van der Waals surface area (Å²) in [6.45, 7) is 8.99. The highest BCUT2D eigenvalue weighted by molar-refractivity contribution is 5.24. The van der Waals surface area contributed by atoms with E-state index in [0.29, 0.717) is 0 Å². The topological polar surface area (TPSA) is 3.24 Å². The van der Waals surface area contributed by atoms with Gasteiger partial charge in [-0.2, -0.15) is 0 Å². The van der Waals surface area contributed by atoms with Crippen LogP contribution in [0.4, 0.5) is 0 Å². The Kier molecular flexibility index (Phi) is 5.54. The van der Waals surface area contributed by atoms with Crippen LogP contribution in [-0.2, 0) is 0 Å². The Hall–Kier alpha value is -0.820. The van der Waals surface area contributed by atoms with Crippen molar-refractivity contribution in [1.82, 2.24) is 4.90 Å². The minimum absolute atomic E-state index is 0.717. The van der Waals surface area contributed by atoms with Gasteiger partial charge in [0.2, 0.25) is 0 Å². The number of benzene rings is 1. The normalized spacial score (nSPS) is 13.1. The highest BCUT2D eigenvalue weighted by Crippen LogP contribution is 2.23. The van der Waals surface area contributed by atoms with Crippen molar-refractivity contribution in [3.8, 4) is 0 Å². The Morgan fingerprint density at radius 3 is 2.25 bits per heavy atom. The first kappa shape index (κ1) is 13.2. The molecule has 0 heterocycles. The first-order valence-corrected chi connectivity index (χ1v) is 6.42. The summed E-state index contributed by atoms with van der Waals surface area (Å²) < 4.78 is 0. The second kappa shape index (κ2) is 6.70. The number of aryl methyl sites for hydroxylation is 1. The summed E-state index contributed by atoms with van der Waals surface area (Å²) in [6, 6.07) is 9.02. The molecule has 0 saturated heterocycles. The van der Waals surface area contributed by atoms with E-state index in [-0.39, 0.29) is 0 Å². The largest absolute Gasteiger partial charge is 0.307 e. The van der Waals surface area contributed by atoms with E-state index in [9.17, 15) is 0 Å². The van der Waals surface area contributed by atoms with Gasteiger partial charge in [0.15, 0.2) is 0 Å². The molecule has 0 fully saturated rings. The monoisotopic (exact) mass is 219 g/mol. The summed E-state index contributed by atoms with van der Waals surface area (Å²) in [4.78, 5) is 2.39. The lowest BCUT2D eigenvalue weighted by Crippen LogP contribution is -2.20. The van der Waals surface area contributed by atoms with Gasteiger partial charge in [0, 0.05) is 0 Å². The van der Waals surface area contributed by atoms with E-state index in [1.165, 1.54) is 30.5 Å². The van der Waals surface area contributed by atoms with Gasteiger partial charge in [-0.3, -0.25) is 0 Å². The van der Waals surface area contributed by atoms with Crippen LogP contribution in [0.15, 0.2) is 24.3 Å². The van der Waals surface area contributed by atoms with E-state index in [0.717, 1.165) is 12.5 Å². The van der Waals surface area contributed by atoms with E-state index in [1.54, 1.807) is 0 Å². The third kappa shape index (κ3) is 3.97. The summed E-state index contributed by atoms with van der Waals surface area (Å²) in [7, 11) is 2.20. The third-order valence-electron chi connectivity index (χ3n) is 3.44. The molecular formula is C15H25N. The van der Waals surface area contributed by atoms with Crippen molar-refractivity contribution in [3.63, 3.8) is 0 Å². The van der Waals surface area contributed by atoms with Gasteiger partial charge in [-0.05, 0) is 51.4 Å². The Labute approximate surface area is 100 Å². The Bertz CT molecular complexity index is 289. The molecule has 1 heteroatoms. The standard InChI is InChI=1S/C15H25N/c1-5-14(11-12-16(4)6-2)15-9-7-13(3)8-10-15/h7-10,14H,5-6,11-12H2,1-4H3. The molecule has 0 aromatic heterocycles. The summed E-state index contributed by atoms with van der Waals surface area (Å²) in [5.41, 5.74) is 2.85. The van der Waals surface area contributed by atoms with Crippen molar-refractivity contribution < 1.29 is 0 Å². The molecule has 0 aliphatic heterocycles. The molecule has 1 nitrogen and oxygen atoms in total. The van der Waals surface area contributed by atoms with Gasteiger partial charge in [-0.1, -0.05) is 43.7 Å². The maximum absolute atomic E-state index is 2.39. The molecule has 0 saturated carbocycles. The lowest BCUT2D eigenvalue weighted by atomic mass is 9.92. The maximum Gasteiger partial charge on any atom is -0.00161 e. The average Bonchev–Trinajstić information content (AvgIpc) is 2.31. The zero-order valence-electron chi connectivity index (χ0n) is 11.2. The number of hydrogen-bond donors (Lipinski definition) is 0. The predicted molar refractivity (Wildman–Crippen MR) is 72.0 cm³/mol. The number of rotatable bonds is 6. The fourth-order valence-corrected chi connectivity index (χ4v) is 1.98. The third-order valence-corrected chi connectivity index (χ3v) is 3.44. The second-order valence-electron chi connectivity index (χ2n) is 4.70. The highest BCUT2D eigenvalue weighted by Gasteiger charge is 2.09. The molecule has 1 unspecified atom stereocenters. The van der Waals surface area contributed by atoms with E-state index < -0.39 is 0 Å². The molecule has 0 amide bonds. The van der Waals surface area contributed by atoms with Crippen molar-refractivity contribution in [2.45, 2.75) is 39.5 Å². The van der Waals surface area contributed by atoms with Gasteiger partial charge in [0.1, 0.15) is 0 Å². The van der Waals surface area contributed by atoms with Crippen LogP contribution in [-0.4, -0.2) is 25.0 Å². The molecule has 0 radical (unpaired) electrons. The molecular weight excluding hydrogens is 194 g/mol. The average molecular weight is 219 g/mol. The van der Waals surface area contributed by atoms with Gasteiger partial charge >= 0.3 is 0 Å². The van der Waals surface area contributed by atoms with E-state index >= 15 is 0 Å². The van der Waals surface area contributed by atoms with Crippen molar-refractivity contribution in [3.05, 3.63) is 35.4 Å². The molecule has 1 aromatic rings. The summed E-state index contributed by atoms with van der Waals surface area (Å²) >= 11 is 0. The molecule has 16 heavy (non-hydrogen) atoms. The molecule has 0 bridgehead atoms. The molecule has 0 aliphatic carbocycles. The van der Waals surface area contributed by atoms with Crippen LogP contribution < -0.4 is 0 Å². The van der Waals surface area contributed by atoms with Crippen molar-refractivity contribution >= 4 is 0 Å². The van der Waals surface area contributed by atoms with Crippen LogP contribution >= 0.6 is 0 Å². The Morgan fingerprint density at radius 1 is 1.12 bits per heavy atom. The number of hydrogen-bond acceptors (Lipinski definition) is 1. The smallest absolute Gasteiger partial charge is 0.00161 e. The first-order valence-electron chi connectivity index (χ1n) is 6.42. The maximum atomic E-state index is 2.39. The summed E-state index contributed by atoms with van der Waals surface area (Å²) in [6.07, 6.45) is 2.50. The lowest BCUT2D eigenvalue weighted by Gasteiger charge is -2.20. The van der Waals surface area contributed by atoms with Crippen LogP contribution in [0.1, 0.15) is 43.7 Å². The SMILES string of the molecule is CCC(CCN(C)CC)c1ccc(C)cc1. The Balaban J connectivity index is 2.57. The van der Waals surface area contributed by atoms with Crippen molar-refractivity contribution in [1.29, 1.82) is 0 Å². The van der Waals surface area contributed by atoms with Gasteiger partial charge < -0.3 is 4.90 Å². The minimum atomic E-state index is 0.717. The fourth-order valence-electron chi connectivity index (χ4n) is 1.98. The second-order valence-corrected chi connectivity index (χ2v) is 4.70. The minimum Gasteiger partial charge on any atom is -0.307 e. The van der Waals surface area contributed by atoms with Crippen molar-refractivity contribution in [2.24, 2.45) is 0 Å². The van der Waals surface area contributed by atoms with Crippen LogP contribution in [0.3, 0.4) is 0 Å². The van der Waals surface area contributed by atoms with Crippen LogP contribution in [0.5, 0.6) is 0 Å². The van der Waals surface area contributed by atoms with Gasteiger partial charge in [0.05, 0.1) is 0 Å². The number of nitrogens with zero attached hydrogens (tertiary/aromatic N) is 1. The predicted octanol–water partition coefficient (Wildman–Crippen LogP) is 3.83. The van der Waals surface area contributed by atoms with Crippen molar-refractivity contribution in [2.75, 3.05) is 20.1 Å². The van der Waals surface area contributed by atoms with E-state index in [4.69, 9.17) is 0 Å². The molecule has 1 rings (SSSR count). The zero-order valence-corrected chi connectivity index (χ0v) is 11.2. The van der Waals surface area contributed by atoms with E-state index in [1.807, 2.05) is 0 Å². The summed E-state index contributed by atoms with van der Waals surface area (Å²) in [5.74, 6) is 0.717. The van der Waals surface area contributed by atoms with Crippen LogP contribution in [0.2, 0.25) is 0 Å². The molecule has 0 spiro atoms. The molecule has 0 aliphatic rings. The molecule has 90 valence electrons. The lowest BCUT2D eigenvalue weighted by molar-refractivity contribution is 0.332. The zero-order chi connectivity index (χ0) is 12.0. The van der Waals surface area contributed by atoms with Gasteiger partial charge in [0.25, 0.3) is 0 Å². The van der Waals surface area contributed by atoms with Crippen LogP contribution in [0.25, 0.3) is 0 Å². The molecule has 0 N–H and O–H groups in total. The Morgan fingerprint density at radius 2 is 1.75 bits per heavy atom. The molecule has 1 atom stereocenters. The van der Waals surface area contributed by atoms with Gasteiger partial charge in [-0.15, -0.1) is 0 Å². The first-order chi connectivity index (χ1) is 7.67. The fraction of sp³-hybridized carbons (Fsp3) is 0.600. The van der Waals surface area contributed by atoms with Gasteiger partial charge in [-0.25, -0.2) is 0 Å². The summed E-state index contributed by atoms with van der Waals surface area (Å²) in [5, 5.41) is 0. The van der Waals surface area contributed by atoms with Crippen LogP contribution in [0, 0.1) is 6.92 Å². The van der Waals surface area contributed by atoms with E-state index in [2.05, 4.69) is 57.0 Å².